The fraction of sp³-hybridized carbons (Fsp3) is 0.250. The quantitative estimate of drug-likeness (QED) is 0.319. The van der Waals surface area contributed by atoms with Gasteiger partial charge in [0.15, 0.2) is 0 Å². The molecule has 18 heavy (non-hydrogen) atoms. The summed E-state index contributed by atoms with van der Waals surface area (Å²) in [5.41, 5.74) is 0.246. The molecule has 1 atom stereocenters. The molecule has 1 unspecified atom stereocenters. The summed E-state index contributed by atoms with van der Waals surface area (Å²) < 4.78 is 23.3. The predicted octanol–water partition coefficient (Wildman–Crippen LogP) is 0.277. The van der Waals surface area contributed by atoms with Crippen LogP contribution in [-0.2, 0) is 9.13 Å². The number of thiol groups is 1. The maximum Gasteiger partial charge on any atom is 0.351 e. The first-order valence-electron chi connectivity index (χ1n) is 4.77. The van der Waals surface area contributed by atoms with Crippen LogP contribution in [-0.4, -0.2) is 29.8 Å². The molecule has 0 bridgehead atoms. The monoisotopic (exact) mass is 311 g/mol. The summed E-state index contributed by atoms with van der Waals surface area (Å²) in [7, 11) is -10.2. The summed E-state index contributed by atoms with van der Waals surface area (Å²) in [6, 6.07) is 0. The number of rotatable bonds is 2. The second kappa shape index (κ2) is 4.08. The third-order valence-corrected chi connectivity index (χ3v) is 7.41. The van der Waals surface area contributed by atoms with Crippen LogP contribution in [0, 0.1) is 0 Å². The Labute approximate surface area is 108 Å². The molecule has 0 spiro atoms. The Balaban J connectivity index is 2.77. The average molecular weight is 311 g/mol. The van der Waals surface area contributed by atoms with Crippen molar-refractivity contribution in [3.63, 3.8) is 0 Å². The molecule has 0 saturated carbocycles. The lowest BCUT2D eigenvalue weighted by Gasteiger charge is -2.35. The molecule has 5 N–H and O–H groups in total. The van der Waals surface area contributed by atoms with Crippen LogP contribution in [0.1, 0.15) is 0 Å². The topological polar surface area (TPSA) is 127 Å². The molecule has 0 radical (unpaired) electrons. The predicted molar refractivity (Wildman–Crippen MR) is 68.0 cm³/mol. The lowest BCUT2D eigenvalue weighted by atomic mass is 10.1. The third-order valence-electron chi connectivity index (χ3n) is 2.88. The van der Waals surface area contributed by atoms with E-state index in [2.05, 4.69) is 17.9 Å². The van der Waals surface area contributed by atoms with Crippen molar-refractivity contribution in [3.8, 4) is 0 Å². The van der Waals surface area contributed by atoms with Crippen LogP contribution in [0.2, 0.25) is 0 Å². The second-order valence-corrected chi connectivity index (χ2v) is 8.38. The van der Waals surface area contributed by atoms with Crippen molar-refractivity contribution < 1.29 is 28.7 Å². The molecule has 0 aromatic heterocycles. The van der Waals surface area contributed by atoms with E-state index < -0.39 is 25.5 Å². The summed E-state index contributed by atoms with van der Waals surface area (Å²) in [6.07, 6.45) is 5.13. The number of hydrogen-bond acceptors (Lipinski definition) is 4. The molecule has 10 heteroatoms. The van der Waals surface area contributed by atoms with E-state index >= 15 is 0 Å². The van der Waals surface area contributed by atoms with Crippen LogP contribution in [0.4, 0.5) is 0 Å². The van der Waals surface area contributed by atoms with Gasteiger partial charge in [-0.15, -0.1) is 0 Å². The van der Waals surface area contributed by atoms with E-state index in [9.17, 15) is 28.7 Å². The number of dihydropyridines is 1. The highest BCUT2D eigenvalue weighted by molar-refractivity contribution is 7.81. The Hall–Kier alpha value is -0.330. The molecule has 1 aliphatic carbocycles. The van der Waals surface area contributed by atoms with E-state index in [0.29, 0.717) is 5.57 Å². The highest BCUT2D eigenvalue weighted by Crippen LogP contribution is 2.75. The molecule has 0 amide bonds. The number of hydrogen-bond donors (Lipinski definition) is 6. The normalized spacial score (nSPS) is 26.2. The van der Waals surface area contributed by atoms with E-state index in [-0.39, 0.29) is 5.57 Å². The molecule has 0 aromatic carbocycles. The van der Waals surface area contributed by atoms with Crippen LogP contribution in [0.3, 0.4) is 0 Å². The van der Waals surface area contributed by atoms with Crippen LogP contribution in [0.25, 0.3) is 0 Å². The molecule has 100 valence electrons. The Morgan fingerprint density at radius 1 is 1.17 bits per heavy atom. The summed E-state index contributed by atoms with van der Waals surface area (Å²) >= 11 is 4.07. The number of allylic oxidation sites excluding steroid dienone is 4. The van der Waals surface area contributed by atoms with Crippen molar-refractivity contribution in [2.75, 3.05) is 0 Å². The van der Waals surface area contributed by atoms with Gasteiger partial charge in [-0.2, -0.15) is 12.6 Å². The van der Waals surface area contributed by atoms with Crippen molar-refractivity contribution in [2.45, 2.75) is 10.3 Å². The van der Waals surface area contributed by atoms with E-state index in [4.69, 9.17) is 0 Å². The van der Waals surface area contributed by atoms with E-state index in [1.54, 1.807) is 0 Å². The van der Waals surface area contributed by atoms with Crippen LogP contribution in [0.15, 0.2) is 35.6 Å². The number of nitrogens with one attached hydrogen (secondary N) is 1. The van der Waals surface area contributed by atoms with Gasteiger partial charge in [0.2, 0.25) is 4.90 Å². The zero-order valence-corrected chi connectivity index (χ0v) is 11.5. The first-order chi connectivity index (χ1) is 8.11. The van der Waals surface area contributed by atoms with E-state index in [1.165, 1.54) is 18.4 Å². The van der Waals surface area contributed by atoms with Crippen LogP contribution in [0.5, 0.6) is 0 Å². The molecule has 2 rings (SSSR count). The Morgan fingerprint density at radius 2 is 1.72 bits per heavy atom. The molecule has 0 saturated heterocycles. The minimum Gasteiger partial charge on any atom is -0.376 e. The SMILES string of the molecule is O=P(O)(O)C1(P(=O)(O)O)C=CC2=C1C(S)NC=C2. The fourth-order valence-electron chi connectivity index (χ4n) is 2.09. The van der Waals surface area contributed by atoms with Gasteiger partial charge < -0.3 is 24.9 Å². The minimum absolute atomic E-state index is 0.102. The largest absolute Gasteiger partial charge is 0.376 e. The molecule has 1 aliphatic heterocycles. The van der Waals surface area contributed by atoms with Crippen LogP contribution < -0.4 is 5.32 Å². The van der Waals surface area contributed by atoms with Crippen LogP contribution >= 0.6 is 27.8 Å². The van der Waals surface area contributed by atoms with Gasteiger partial charge in [-0.25, -0.2) is 0 Å². The highest BCUT2D eigenvalue weighted by atomic mass is 32.1. The van der Waals surface area contributed by atoms with E-state index in [0.717, 1.165) is 6.08 Å². The van der Waals surface area contributed by atoms with Crippen molar-refractivity contribution in [1.29, 1.82) is 0 Å². The molecular formula is C8H11NO6P2S. The molecular weight excluding hydrogens is 300 g/mol. The first-order valence-corrected chi connectivity index (χ1v) is 8.51. The van der Waals surface area contributed by atoms with Gasteiger partial charge in [-0.1, -0.05) is 6.08 Å². The molecule has 0 fully saturated rings. The summed E-state index contributed by atoms with van der Waals surface area (Å²) in [5, 5.41) is 1.78. The Kier molecular flexibility index (Phi) is 3.19. The molecule has 7 nitrogen and oxygen atoms in total. The van der Waals surface area contributed by atoms with Gasteiger partial charge in [-0.05, 0) is 23.9 Å². The van der Waals surface area contributed by atoms with Gasteiger partial charge in [0.05, 0.1) is 5.37 Å². The van der Waals surface area contributed by atoms with Crippen molar-refractivity contribution in [2.24, 2.45) is 0 Å². The zero-order chi connectivity index (χ0) is 13.8. The first kappa shape index (κ1) is 14.1. The lowest BCUT2D eigenvalue weighted by molar-refractivity contribution is 0.329. The standard InChI is InChI=1S/C8H11NO6P2S/c10-16(11,12)8(17(13,14)15)3-1-5-2-4-9-7(18)6(5)8/h1-4,7,9,18H,(H2,10,11,12)(H2,13,14,15). The Morgan fingerprint density at radius 3 is 2.22 bits per heavy atom. The Bertz CT molecular complexity index is 548. The smallest absolute Gasteiger partial charge is 0.351 e. The second-order valence-electron chi connectivity index (χ2n) is 3.92. The maximum absolute atomic E-state index is 11.6. The van der Waals surface area contributed by atoms with Crippen molar-refractivity contribution >= 4 is 27.8 Å². The average Bonchev–Trinajstić information content (AvgIpc) is 2.57. The summed E-state index contributed by atoms with van der Waals surface area (Å²) in [6.45, 7) is 0. The lowest BCUT2D eigenvalue weighted by Crippen LogP contribution is -2.37. The zero-order valence-electron chi connectivity index (χ0n) is 8.83. The summed E-state index contributed by atoms with van der Waals surface area (Å²) in [5.74, 6) is 0. The van der Waals surface area contributed by atoms with Gasteiger partial charge in [0.25, 0.3) is 0 Å². The van der Waals surface area contributed by atoms with Gasteiger partial charge in [-0.3, -0.25) is 9.13 Å². The molecule has 0 aromatic rings. The highest BCUT2D eigenvalue weighted by Gasteiger charge is 2.64. The van der Waals surface area contributed by atoms with E-state index in [1.807, 2.05) is 0 Å². The van der Waals surface area contributed by atoms with Gasteiger partial charge in [0, 0.05) is 5.57 Å². The van der Waals surface area contributed by atoms with Gasteiger partial charge >= 0.3 is 15.2 Å². The van der Waals surface area contributed by atoms with Gasteiger partial charge in [0.1, 0.15) is 0 Å². The van der Waals surface area contributed by atoms with Crippen molar-refractivity contribution in [3.05, 3.63) is 35.6 Å². The fourth-order valence-corrected chi connectivity index (χ4v) is 5.77. The minimum atomic E-state index is -5.12. The summed E-state index contributed by atoms with van der Waals surface area (Å²) in [4.78, 5) is 35.0. The third kappa shape index (κ3) is 1.77. The van der Waals surface area contributed by atoms with Crippen molar-refractivity contribution in [1.82, 2.24) is 5.32 Å². The molecule has 1 heterocycles. The maximum atomic E-state index is 11.6. The molecule has 2 aliphatic rings.